The van der Waals surface area contributed by atoms with Gasteiger partial charge in [-0.2, -0.15) is 0 Å². The van der Waals surface area contributed by atoms with Gasteiger partial charge in [-0.15, -0.1) is 0 Å². The van der Waals surface area contributed by atoms with Crippen LogP contribution in [0.25, 0.3) is 0 Å². The molecule has 192 valence electrons. The third-order valence-electron chi connectivity index (χ3n) is 5.38. The topological polar surface area (TPSA) is 144 Å². The quantitative estimate of drug-likeness (QED) is 0.304. The monoisotopic (exact) mass is 525 g/mol. The van der Waals surface area contributed by atoms with Gasteiger partial charge in [-0.05, 0) is 48.0 Å². The molecule has 0 amide bonds. The predicted octanol–water partition coefficient (Wildman–Crippen LogP) is 2.17. The fraction of sp³-hybridized carbons (Fsp3) is 0.200. The molecule has 0 saturated heterocycles. The van der Waals surface area contributed by atoms with E-state index in [9.17, 15) is 19.8 Å². The van der Waals surface area contributed by atoms with Gasteiger partial charge in [0.25, 0.3) is 0 Å². The van der Waals surface area contributed by atoms with Crippen LogP contribution in [0.4, 0.5) is 5.69 Å². The molecule has 1 atom stereocenters. The zero-order valence-corrected chi connectivity index (χ0v) is 20.5. The highest BCUT2D eigenvalue weighted by Crippen LogP contribution is 2.25. The van der Waals surface area contributed by atoms with Crippen molar-refractivity contribution in [2.45, 2.75) is 19.2 Å². The number of nitrogens with zero attached hydrogens (tertiary/aromatic N) is 4. The molecule has 0 radical (unpaired) electrons. The summed E-state index contributed by atoms with van der Waals surface area (Å²) in [6.07, 6.45) is 0.683. The first-order valence-corrected chi connectivity index (χ1v) is 11.5. The number of rotatable bonds is 9. The lowest BCUT2D eigenvalue weighted by Gasteiger charge is -2.15. The van der Waals surface area contributed by atoms with Gasteiger partial charge in [-0.3, -0.25) is 9.55 Å². The second kappa shape index (κ2) is 11.7. The minimum Gasteiger partial charge on any atom is -0.493 e. The summed E-state index contributed by atoms with van der Waals surface area (Å²) < 4.78 is 13.1. The molecule has 2 heterocycles. The van der Waals surface area contributed by atoms with Crippen LogP contribution in [0.5, 0.6) is 17.4 Å². The number of aromatic hydroxyl groups is 1. The molecule has 0 spiro atoms. The molecule has 11 nitrogen and oxygen atoms in total. The first-order valence-electron chi connectivity index (χ1n) is 11.2. The number of ether oxygens (including phenoxy) is 2. The van der Waals surface area contributed by atoms with Gasteiger partial charge < -0.3 is 19.7 Å². The first-order chi connectivity index (χ1) is 17.9. The van der Waals surface area contributed by atoms with Gasteiger partial charge in [0, 0.05) is 24.4 Å². The number of H-pyrrole nitrogens is 1. The van der Waals surface area contributed by atoms with E-state index in [0.717, 1.165) is 10.1 Å². The average Bonchev–Trinajstić information content (AvgIpc) is 2.89. The molecule has 37 heavy (non-hydrogen) atoms. The highest BCUT2D eigenvalue weighted by molar-refractivity contribution is 6.30. The molecule has 0 saturated carbocycles. The largest absolute Gasteiger partial charge is 0.493 e. The number of aliphatic hydroxyl groups is 1. The summed E-state index contributed by atoms with van der Waals surface area (Å²) in [6.45, 7) is -0.396. The van der Waals surface area contributed by atoms with Crippen LogP contribution in [0.1, 0.15) is 5.56 Å². The normalized spacial score (nSPS) is 12.5. The van der Waals surface area contributed by atoms with Crippen molar-refractivity contribution in [3.8, 4) is 17.4 Å². The number of benzene rings is 2. The third kappa shape index (κ3) is 6.53. The highest BCUT2D eigenvalue weighted by Gasteiger charge is 2.15. The maximum Gasteiger partial charge on any atom is 0.335 e. The van der Waals surface area contributed by atoms with Crippen LogP contribution < -0.4 is 21.7 Å². The first kappa shape index (κ1) is 25.9. The van der Waals surface area contributed by atoms with Gasteiger partial charge in [-0.25, -0.2) is 24.1 Å². The number of aliphatic hydroxyl groups excluding tert-OH is 1. The maximum atomic E-state index is 13.4. The van der Waals surface area contributed by atoms with E-state index < -0.39 is 17.5 Å². The molecule has 0 aliphatic carbocycles. The highest BCUT2D eigenvalue weighted by atomic mass is 35.5. The Kier molecular flexibility index (Phi) is 8.18. The van der Waals surface area contributed by atoms with Gasteiger partial charge in [0.2, 0.25) is 11.5 Å². The summed E-state index contributed by atoms with van der Waals surface area (Å²) in [5.41, 5.74) is -0.0644. The number of halogens is 1. The van der Waals surface area contributed by atoms with E-state index in [2.05, 4.69) is 15.0 Å². The fourth-order valence-electron chi connectivity index (χ4n) is 3.44. The molecule has 2 aromatic carbocycles. The molecule has 0 aliphatic rings. The van der Waals surface area contributed by atoms with Crippen LogP contribution in [0.15, 0.2) is 81.4 Å². The average molecular weight is 526 g/mol. The molecule has 12 heteroatoms. The summed E-state index contributed by atoms with van der Waals surface area (Å²) in [6, 6.07) is 16.5. The second-order valence-corrected chi connectivity index (χ2v) is 8.39. The Morgan fingerprint density at radius 3 is 2.43 bits per heavy atom. The number of hydrogen-bond donors (Lipinski definition) is 3. The van der Waals surface area contributed by atoms with E-state index in [0.29, 0.717) is 22.2 Å². The van der Waals surface area contributed by atoms with E-state index >= 15 is 0 Å². The van der Waals surface area contributed by atoms with Gasteiger partial charge in [0.05, 0.1) is 31.5 Å². The molecule has 0 bridgehead atoms. The Hall–Kier alpha value is -4.19. The fourth-order valence-corrected chi connectivity index (χ4v) is 3.56. The second-order valence-electron chi connectivity index (χ2n) is 7.96. The Morgan fingerprint density at radius 1 is 1.05 bits per heavy atom. The Bertz CT molecular complexity index is 1540. The van der Waals surface area contributed by atoms with Crippen molar-refractivity contribution in [1.29, 1.82) is 0 Å². The van der Waals surface area contributed by atoms with Crippen LogP contribution in [-0.4, -0.2) is 49.1 Å². The lowest BCUT2D eigenvalue weighted by atomic mass is 10.2. The van der Waals surface area contributed by atoms with Crippen molar-refractivity contribution in [2.75, 3.05) is 13.7 Å². The lowest BCUT2D eigenvalue weighted by molar-refractivity contribution is 0.0350. The van der Waals surface area contributed by atoms with E-state index in [-0.39, 0.29) is 31.2 Å². The van der Waals surface area contributed by atoms with Gasteiger partial charge >= 0.3 is 11.4 Å². The molecule has 0 unspecified atom stereocenters. The summed E-state index contributed by atoms with van der Waals surface area (Å²) in [4.78, 5) is 37.0. The maximum absolute atomic E-state index is 13.4. The Labute approximate surface area is 215 Å². The molecular weight excluding hydrogens is 502 g/mol. The number of hydrogen-bond acceptors (Lipinski definition) is 8. The molecule has 4 aromatic rings. The Morgan fingerprint density at radius 2 is 1.78 bits per heavy atom. The van der Waals surface area contributed by atoms with E-state index in [1.165, 1.54) is 23.9 Å². The molecule has 2 aromatic heterocycles. The van der Waals surface area contributed by atoms with Gasteiger partial charge in [0.1, 0.15) is 11.5 Å². The number of methoxy groups -OCH3 is 1. The molecule has 0 fully saturated rings. The van der Waals surface area contributed by atoms with Crippen LogP contribution in [-0.2, 0) is 17.8 Å². The summed E-state index contributed by atoms with van der Waals surface area (Å²) in [5, 5.41) is 19.5. The minimum atomic E-state index is -0.736. The van der Waals surface area contributed by atoms with Crippen molar-refractivity contribution in [3.63, 3.8) is 0 Å². The third-order valence-corrected chi connectivity index (χ3v) is 5.63. The van der Waals surface area contributed by atoms with Gasteiger partial charge in [0.15, 0.2) is 0 Å². The number of pyridine rings is 1. The lowest BCUT2D eigenvalue weighted by Crippen LogP contribution is -2.51. The molecular formula is C25H24ClN5O6. The smallest absolute Gasteiger partial charge is 0.335 e. The molecule has 0 aliphatic heterocycles. The van der Waals surface area contributed by atoms with Crippen LogP contribution in [0, 0.1) is 0 Å². The van der Waals surface area contributed by atoms with E-state index in [4.69, 9.17) is 21.1 Å². The van der Waals surface area contributed by atoms with Crippen LogP contribution in [0.2, 0.25) is 5.02 Å². The number of aromatic nitrogens is 4. The van der Waals surface area contributed by atoms with Gasteiger partial charge in [-0.1, -0.05) is 23.7 Å². The van der Waals surface area contributed by atoms with Crippen LogP contribution in [0.3, 0.4) is 0 Å². The summed E-state index contributed by atoms with van der Waals surface area (Å²) in [7, 11) is 1.39. The summed E-state index contributed by atoms with van der Waals surface area (Å²) >= 11 is 5.99. The van der Waals surface area contributed by atoms with Crippen molar-refractivity contribution in [2.24, 2.45) is 4.99 Å². The van der Waals surface area contributed by atoms with Crippen molar-refractivity contribution in [1.82, 2.24) is 19.1 Å². The molecule has 3 N–H and O–H groups in total. The SMILES string of the molecule is CO[C@H](CO)Cn1c(=O)[nH]/c(=N\c2ccc(Oc3ccnc(O)c3)cc2)n(Cc2ccc(Cl)cc2)c1=O. The van der Waals surface area contributed by atoms with E-state index in [1.54, 1.807) is 54.6 Å². The van der Waals surface area contributed by atoms with E-state index in [1.807, 2.05) is 0 Å². The Balaban J connectivity index is 1.73. The number of nitrogens with one attached hydrogen (secondary N) is 1. The van der Waals surface area contributed by atoms with Crippen molar-refractivity contribution < 1.29 is 19.7 Å². The zero-order valence-electron chi connectivity index (χ0n) is 19.7. The zero-order chi connectivity index (χ0) is 26.4. The number of aromatic amines is 1. The summed E-state index contributed by atoms with van der Waals surface area (Å²) in [5.74, 6) is 0.726. The standard InChI is InChI=1S/C25H24ClN5O6/c1-36-21(15-32)14-31-24(34)29-23(30(25(31)35)13-16-2-4-17(26)5-3-16)28-18-6-8-19(9-7-18)37-20-10-11-27-22(33)12-20/h2-12,21,32H,13-15H2,1H3,(H,27,33)(H,28,29,34)/t21-/m0/s1. The minimum absolute atomic E-state index is 0.0342. The molecule has 4 rings (SSSR count). The predicted molar refractivity (Wildman–Crippen MR) is 135 cm³/mol. The van der Waals surface area contributed by atoms with Crippen LogP contribution >= 0.6 is 11.6 Å². The van der Waals surface area contributed by atoms with Crippen molar-refractivity contribution in [3.05, 3.63) is 104 Å². The van der Waals surface area contributed by atoms with Crippen molar-refractivity contribution >= 4 is 17.3 Å².